The summed E-state index contributed by atoms with van der Waals surface area (Å²) in [6.07, 6.45) is 1.03. The number of amides is 3. The number of aryl methyl sites for hydroxylation is 1. The SMILES string of the molecule is CCC(C(=O)NC1CCc2ccccc2NC1=O)N(C)C(=O)OC(C)(C)C. The number of hydrogen-bond donors (Lipinski definition) is 2. The van der Waals surface area contributed by atoms with Crippen molar-refractivity contribution in [3.8, 4) is 0 Å². The Balaban J connectivity index is 2.04. The van der Waals surface area contributed by atoms with Gasteiger partial charge in [-0.2, -0.15) is 0 Å². The van der Waals surface area contributed by atoms with Crippen LogP contribution in [-0.4, -0.2) is 47.5 Å². The molecule has 0 radical (unpaired) electrons. The Labute approximate surface area is 160 Å². The van der Waals surface area contributed by atoms with Crippen molar-refractivity contribution in [2.75, 3.05) is 12.4 Å². The molecule has 0 saturated carbocycles. The van der Waals surface area contributed by atoms with Gasteiger partial charge >= 0.3 is 6.09 Å². The first kappa shape index (κ1) is 20.7. The second-order valence-electron chi connectivity index (χ2n) is 7.76. The number of fused-ring (bicyclic) bond motifs is 1. The van der Waals surface area contributed by atoms with Crippen LogP contribution in [0.4, 0.5) is 10.5 Å². The predicted octanol–water partition coefficient (Wildman–Crippen LogP) is 2.70. The summed E-state index contributed by atoms with van der Waals surface area (Å²) in [6.45, 7) is 7.13. The van der Waals surface area contributed by atoms with E-state index in [0.29, 0.717) is 19.3 Å². The smallest absolute Gasteiger partial charge is 0.410 e. The number of nitrogens with one attached hydrogen (secondary N) is 2. The molecule has 0 aliphatic carbocycles. The van der Waals surface area contributed by atoms with Gasteiger partial charge in [-0.25, -0.2) is 4.79 Å². The Hall–Kier alpha value is -2.57. The lowest BCUT2D eigenvalue weighted by atomic mass is 10.1. The molecule has 1 aromatic carbocycles. The van der Waals surface area contributed by atoms with Crippen molar-refractivity contribution < 1.29 is 19.1 Å². The van der Waals surface area contributed by atoms with Gasteiger partial charge in [-0.15, -0.1) is 0 Å². The summed E-state index contributed by atoms with van der Waals surface area (Å²) in [5.74, 6) is -0.611. The first-order valence-electron chi connectivity index (χ1n) is 9.27. The van der Waals surface area contributed by atoms with Gasteiger partial charge in [0.25, 0.3) is 0 Å². The van der Waals surface area contributed by atoms with E-state index >= 15 is 0 Å². The maximum absolute atomic E-state index is 12.7. The monoisotopic (exact) mass is 375 g/mol. The third-order valence-electron chi connectivity index (χ3n) is 4.45. The number of anilines is 1. The highest BCUT2D eigenvalue weighted by atomic mass is 16.6. The molecule has 7 heteroatoms. The summed E-state index contributed by atoms with van der Waals surface area (Å²) in [5.41, 5.74) is 1.17. The van der Waals surface area contributed by atoms with Gasteiger partial charge in [-0.1, -0.05) is 25.1 Å². The molecule has 0 bridgehead atoms. The van der Waals surface area contributed by atoms with Crippen molar-refractivity contribution in [1.29, 1.82) is 0 Å². The van der Waals surface area contributed by atoms with Crippen molar-refractivity contribution >= 4 is 23.6 Å². The van der Waals surface area contributed by atoms with Crippen molar-refractivity contribution in [3.05, 3.63) is 29.8 Å². The van der Waals surface area contributed by atoms with Crippen LogP contribution in [0.15, 0.2) is 24.3 Å². The number of ether oxygens (including phenoxy) is 1. The minimum absolute atomic E-state index is 0.247. The zero-order chi connectivity index (χ0) is 20.2. The summed E-state index contributed by atoms with van der Waals surface area (Å²) >= 11 is 0. The number of para-hydroxylation sites is 1. The quantitative estimate of drug-likeness (QED) is 0.847. The molecule has 27 heavy (non-hydrogen) atoms. The van der Waals surface area contributed by atoms with Crippen LogP contribution in [0.2, 0.25) is 0 Å². The number of nitrogens with zero attached hydrogens (tertiary/aromatic N) is 1. The molecule has 0 aromatic heterocycles. The summed E-state index contributed by atoms with van der Waals surface area (Å²) < 4.78 is 5.33. The molecule has 2 N–H and O–H groups in total. The molecule has 2 atom stereocenters. The Morgan fingerprint density at radius 2 is 2.00 bits per heavy atom. The van der Waals surface area contributed by atoms with Crippen molar-refractivity contribution in [3.63, 3.8) is 0 Å². The van der Waals surface area contributed by atoms with Crippen LogP contribution in [-0.2, 0) is 20.7 Å². The van der Waals surface area contributed by atoms with Crippen LogP contribution < -0.4 is 10.6 Å². The average molecular weight is 375 g/mol. The van der Waals surface area contributed by atoms with Crippen LogP contribution in [0, 0.1) is 0 Å². The first-order valence-corrected chi connectivity index (χ1v) is 9.27. The van der Waals surface area contributed by atoms with Gasteiger partial charge in [0.15, 0.2) is 0 Å². The van der Waals surface area contributed by atoms with E-state index in [1.165, 1.54) is 11.9 Å². The van der Waals surface area contributed by atoms with E-state index < -0.39 is 23.8 Å². The fourth-order valence-electron chi connectivity index (χ4n) is 3.01. The number of likely N-dealkylation sites (N-methyl/N-ethyl adjacent to an activating group) is 1. The van der Waals surface area contributed by atoms with Gasteiger partial charge in [0.2, 0.25) is 11.8 Å². The molecule has 0 fully saturated rings. The summed E-state index contributed by atoms with van der Waals surface area (Å²) in [7, 11) is 1.53. The average Bonchev–Trinajstić information content (AvgIpc) is 2.73. The van der Waals surface area contributed by atoms with E-state index in [2.05, 4.69) is 10.6 Å². The highest BCUT2D eigenvalue weighted by molar-refractivity contribution is 5.99. The molecule has 148 valence electrons. The molecule has 2 unspecified atom stereocenters. The van der Waals surface area contributed by atoms with Crippen molar-refractivity contribution in [1.82, 2.24) is 10.2 Å². The molecule has 7 nitrogen and oxygen atoms in total. The number of rotatable bonds is 4. The summed E-state index contributed by atoms with van der Waals surface area (Å²) in [6, 6.07) is 6.24. The zero-order valence-electron chi connectivity index (χ0n) is 16.7. The third-order valence-corrected chi connectivity index (χ3v) is 4.45. The largest absolute Gasteiger partial charge is 0.444 e. The van der Waals surface area contributed by atoms with Crippen LogP contribution >= 0.6 is 0 Å². The zero-order valence-corrected chi connectivity index (χ0v) is 16.7. The summed E-state index contributed by atoms with van der Waals surface area (Å²) in [4.78, 5) is 38.8. The minimum atomic E-state index is -0.710. The van der Waals surface area contributed by atoms with Gasteiger partial charge in [-0.05, 0) is 51.7 Å². The van der Waals surface area contributed by atoms with E-state index in [-0.39, 0.29) is 11.8 Å². The highest BCUT2D eigenvalue weighted by Gasteiger charge is 2.32. The van der Waals surface area contributed by atoms with Gasteiger partial charge in [-0.3, -0.25) is 14.5 Å². The van der Waals surface area contributed by atoms with E-state index in [1.54, 1.807) is 20.8 Å². The third kappa shape index (κ3) is 5.45. The van der Waals surface area contributed by atoms with E-state index in [0.717, 1.165) is 11.3 Å². The van der Waals surface area contributed by atoms with Crippen molar-refractivity contribution in [2.45, 2.75) is 64.6 Å². The number of benzene rings is 1. The van der Waals surface area contributed by atoms with E-state index in [4.69, 9.17) is 4.74 Å². The highest BCUT2D eigenvalue weighted by Crippen LogP contribution is 2.22. The Bertz CT molecular complexity index is 711. The lowest BCUT2D eigenvalue weighted by Gasteiger charge is -2.30. The maximum Gasteiger partial charge on any atom is 0.410 e. The topological polar surface area (TPSA) is 87.7 Å². The predicted molar refractivity (Wildman–Crippen MR) is 103 cm³/mol. The van der Waals surface area contributed by atoms with Crippen LogP contribution in [0.5, 0.6) is 0 Å². The lowest BCUT2D eigenvalue weighted by Crippen LogP contribution is -2.53. The number of hydrogen-bond acceptors (Lipinski definition) is 4. The number of carbonyl (C=O) groups is 3. The Morgan fingerprint density at radius 3 is 2.63 bits per heavy atom. The fourth-order valence-corrected chi connectivity index (χ4v) is 3.01. The van der Waals surface area contributed by atoms with Crippen LogP contribution in [0.1, 0.15) is 46.1 Å². The van der Waals surface area contributed by atoms with Gasteiger partial charge in [0.1, 0.15) is 17.7 Å². The van der Waals surface area contributed by atoms with Gasteiger partial charge < -0.3 is 15.4 Å². The Morgan fingerprint density at radius 1 is 1.33 bits per heavy atom. The maximum atomic E-state index is 12.7. The second-order valence-corrected chi connectivity index (χ2v) is 7.76. The van der Waals surface area contributed by atoms with Gasteiger partial charge in [0, 0.05) is 12.7 Å². The van der Waals surface area contributed by atoms with Gasteiger partial charge in [0.05, 0.1) is 0 Å². The normalized spacial score (nSPS) is 17.8. The lowest BCUT2D eigenvalue weighted by molar-refractivity contribution is -0.130. The molecule has 3 amide bonds. The summed E-state index contributed by atoms with van der Waals surface area (Å²) in [5, 5.41) is 5.65. The molecule has 1 aliphatic rings. The van der Waals surface area contributed by atoms with Crippen LogP contribution in [0.25, 0.3) is 0 Å². The molecular weight excluding hydrogens is 346 g/mol. The van der Waals surface area contributed by atoms with Crippen LogP contribution in [0.3, 0.4) is 0 Å². The Kier molecular flexibility index (Phi) is 6.46. The molecule has 1 aromatic rings. The number of carbonyl (C=O) groups excluding carboxylic acids is 3. The molecule has 0 saturated heterocycles. The first-order chi connectivity index (χ1) is 12.6. The molecular formula is C20H29N3O4. The molecule has 2 rings (SSSR count). The van der Waals surface area contributed by atoms with Crippen molar-refractivity contribution in [2.24, 2.45) is 0 Å². The molecule has 1 heterocycles. The van der Waals surface area contributed by atoms with E-state index in [9.17, 15) is 14.4 Å². The molecule has 1 aliphatic heterocycles. The minimum Gasteiger partial charge on any atom is -0.444 e. The molecule has 0 spiro atoms. The fraction of sp³-hybridized carbons (Fsp3) is 0.550. The second kappa shape index (κ2) is 8.41. The van der Waals surface area contributed by atoms with E-state index in [1.807, 2.05) is 31.2 Å². The standard InChI is InChI=1S/C20H29N3O4/c1-6-16(23(5)19(26)27-20(2,3)4)18(25)22-15-12-11-13-9-7-8-10-14(13)21-17(15)24/h7-10,15-16H,6,11-12H2,1-5H3,(H,21,24)(H,22,25).